The van der Waals surface area contributed by atoms with Gasteiger partial charge in [0.2, 0.25) is 5.91 Å². The van der Waals surface area contributed by atoms with Gasteiger partial charge in [-0.15, -0.1) is 11.3 Å². The van der Waals surface area contributed by atoms with Gasteiger partial charge in [0, 0.05) is 41.3 Å². The van der Waals surface area contributed by atoms with Gasteiger partial charge in [0.25, 0.3) is 0 Å². The molecule has 0 atom stereocenters. The largest absolute Gasteiger partial charge is 0.376 e. The van der Waals surface area contributed by atoms with E-state index in [0.29, 0.717) is 19.0 Å². The van der Waals surface area contributed by atoms with E-state index in [4.69, 9.17) is 14.7 Å². The number of nitrogens with one attached hydrogen (secondary N) is 1. The molecule has 0 saturated heterocycles. The van der Waals surface area contributed by atoms with Crippen LogP contribution in [-0.4, -0.2) is 46.6 Å². The highest BCUT2D eigenvalue weighted by Gasteiger charge is 2.24. The number of benzene rings is 1. The van der Waals surface area contributed by atoms with Gasteiger partial charge in [-0.2, -0.15) is 0 Å². The quantitative estimate of drug-likeness (QED) is 0.464. The molecule has 0 fully saturated rings. The number of thiazole rings is 1. The molecule has 4 rings (SSSR count). The number of fused-ring (bicyclic) bond motifs is 1. The molecule has 1 amide bonds. The Morgan fingerprint density at radius 1 is 1.18 bits per heavy atom. The lowest BCUT2D eigenvalue weighted by Gasteiger charge is -2.25. The lowest BCUT2D eigenvalue weighted by atomic mass is 10.1. The zero-order valence-electron chi connectivity index (χ0n) is 20.4. The highest BCUT2D eigenvalue weighted by atomic mass is 32.1. The minimum absolute atomic E-state index is 0.0195. The number of ether oxygens (including phenoxy) is 1. The highest BCUT2D eigenvalue weighted by molar-refractivity contribution is 7.14. The fourth-order valence-electron chi connectivity index (χ4n) is 4.04. The SMILES string of the molecule is CN(CC(=O)NC(C)(C)C)c1nc(-c2ncc(CCOCc3ccccc3)s2)nc2c1CCC2. The van der Waals surface area contributed by atoms with Crippen LogP contribution in [0.25, 0.3) is 10.8 Å². The van der Waals surface area contributed by atoms with Gasteiger partial charge in [0.1, 0.15) is 5.82 Å². The van der Waals surface area contributed by atoms with Crippen LogP contribution in [0.5, 0.6) is 0 Å². The molecule has 3 aromatic rings. The zero-order chi connectivity index (χ0) is 24.1. The Morgan fingerprint density at radius 2 is 1.97 bits per heavy atom. The smallest absolute Gasteiger partial charge is 0.239 e. The Labute approximate surface area is 205 Å². The third-order valence-electron chi connectivity index (χ3n) is 5.52. The summed E-state index contributed by atoms with van der Waals surface area (Å²) in [5, 5.41) is 3.83. The second-order valence-corrected chi connectivity index (χ2v) is 10.8. The molecule has 8 heteroatoms. The van der Waals surface area contributed by atoms with Gasteiger partial charge in [-0.1, -0.05) is 30.3 Å². The van der Waals surface area contributed by atoms with Crippen molar-refractivity contribution in [2.75, 3.05) is 25.1 Å². The Balaban J connectivity index is 1.43. The van der Waals surface area contributed by atoms with Crippen molar-refractivity contribution < 1.29 is 9.53 Å². The van der Waals surface area contributed by atoms with Gasteiger partial charge in [0.05, 0.1) is 19.8 Å². The van der Waals surface area contributed by atoms with E-state index in [-0.39, 0.29) is 18.0 Å². The number of anilines is 1. The fraction of sp³-hybridized carbons (Fsp3) is 0.462. The van der Waals surface area contributed by atoms with E-state index in [1.165, 1.54) is 5.56 Å². The maximum atomic E-state index is 12.5. The lowest BCUT2D eigenvalue weighted by Crippen LogP contribution is -2.45. The molecular formula is C26H33N5O2S. The molecule has 0 spiro atoms. The van der Waals surface area contributed by atoms with E-state index in [2.05, 4.69) is 22.4 Å². The number of hydrogen-bond acceptors (Lipinski definition) is 7. The summed E-state index contributed by atoms with van der Waals surface area (Å²) in [5.41, 5.74) is 3.14. The van der Waals surface area contributed by atoms with Crippen LogP contribution in [0.1, 0.15) is 48.9 Å². The predicted molar refractivity (Wildman–Crippen MR) is 136 cm³/mol. The molecule has 1 N–H and O–H groups in total. The molecule has 1 aromatic carbocycles. The Bertz CT molecular complexity index is 1120. The molecule has 34 heavy (non-hydrogen) atoms. The van der Waals surface area contributed by atoms with Gasteiger partial charge >= 0.3 is 0 Å². The highest BCUT2D eigenvalue weighted by Crippen LogP contribution is 2.32. The summed E-state index contributed by atoms with van der Waals surface area (Å²) >= 11 is 1.61. The van der Waals surface area contributed by atoms with Gasteiger partial charge in [-0.25, -0.2) is 15.0 Å². The van der Waals surface area contributed by atoms with Crippen molar-refractivity contribution in [2.45, 2.75) is 58.6 Å². The minimum Gasteiger partial charge on any atom is -0.376 e. The molecule has 0 aliphatic heterocycles. The number of likely N-dealkylation sites (N-methyl/N-ethyl adjacent to an activating group) is 1. The van der Waals surface area contributed by atoms with E-state index < -0.39 is 0 Å². The molecule has 0 radical (unpaired) electrons. The van der Waals surface area contributed by atoms with Gasteiger partial charge in [-0.3, -0.25) is 4.79 Å². The van der Waals surface area contributed by atoms with Crippen LogP contribution in [0.2, 0.25) is 0 Å². The van der Waals surface area contributed by atoms with E-state index in [0.717, 1.165) is 52.6 Å². The van der Waals surface area contributed by atoms with E-state index in [1.807, 2.05) is 57.1 Å². The van der Waals surface area contributed by atoms with Crippen LogP contribution < -0.4 is 10.2 Å². The van der Waals surface area contributed by atoms with Crippen molar-refractivity contribution in [3.63, 3.8) is 0 Å². The Morgan fingerprint density at radius 3 is 2.74 bits per heavy atom. The molecular weight excluding hydrogens is 446 g/mol. The van der Waals surface area contributed by atoms with E-state index in [1.54, 1.807) is 11.3 Å². The molecule has 2 heterocycles. The van der Waals surface area contributed by atoms with Crippen LogP contribution in [0.4, 0.5) is 5.82 Å². The fourth-order valence-corrected chi connectivity index (χ4v) is 4.86. The summed E-state index contributed by atoms with van der Waals surface area (Å²) in [5.74, 6) is 1.46. The van der Waals surface area contributed by atoms with Crippen molar-refractivity contribution >= 4 is 23.1 Å². The standard InChI is InChI=1S/C26H33N5O2S/c1-26(2,3)30-22(32)16-31(4)24-20-11-8-12-21(20)28-23(29-24)25-27-15-19(34-25)13-14-33-17-18-9-6-5-7-10-18/h5-7,9-10,15H,8,11-14,16-17H2,1-4H3,(H,30,32). The number of aryl methyl sites for hydroxylation is 1. The monoisotopic (exact) mass is 479 g/mol. The van der Waals surface area contributed by atoms with Gasteiger partial charge in [0.15, 0.2) is 10.8 Å². The van der Waals surface area contributed by atoms with Crippen LogP contribution in [0.3, 0.4) is 0 Å². The second kappa shape index (κ2) is 10.6. The molecule has 2 aromatic heterocycles. The summed E-state index contributed by atoms with van der Waals surface area (Å²) < 4.78 is 5.82. The van der Waals surface area contributed by atoms with Crippen LogP contribution >= 0.6 is 11.3 Å². The number of hydrogen-bond donors (Lipinski definition) is 1. The van der Waals surface area contributed by atoms with Crippen molar-refractivity contribution in [1.29, 1.82) is 0 Å². The molecule has 0 saturated carbocycles. The second-order valence-electron chi connectivity index (χ2n) is 9.72. The molecule has 1 aliphatic carbocycles. The van der Waals surface area contributed by atoms with Crippen LogP contribution in [-0.2, 0) is 35.4 Å². The number of nitrogens with zero attached hydrogens (tertiary/aromatic N) is 4. The number of carbonyl (C=O) groups is 1. The first-order valence-corrected chi connectivity index (χ1v) is 12.6. The van der Waals surface area contributed by atoms with E-state index in [9.17, 15) is 4.79 Å². The van der Waals surface area contributed by atoms with Gasteiger partial charge < -0.3 is 15.0 Å². The van der Waals surface area contributed by atoms with Crippen molar-refractivity contribution in [1.82, 2.24) is 20.3 Å². The topological polar surface area (TPSA) is 80.2 Å². The molecule has 180 valence electrons. The Kier molecular flexibility index (Phi) is 7.58. The summed E-state index contributed by atoms with van der Waals surface area (Å²) in [6.45, 7) is 7.45. The molecule has 7 nitrogen and oxygen atoms in total. The minimum atomic E-state index is -0.265. The molecule has 0 unspecified atom stereocenters. The van der Waals surface area contributed by atoms with Crippen molar-refractivity contribution in [3.8, 4) is 10.8 Å². The summed E-state index contributed by atoms with van der Waals surface area (Å²) in [6.07, 6.45) is 5.63. The van der Waals surface area contributed by atoms with Crippen LogP contribution in [0.15, 0.2) is 36.5 Å². The average molecular weight is 480 g/mol. The third-order valence-corrected chi connectivity index (χ3v) is 6.57. The van der Waals surface area contributed by atoms with Gasteiger partial charge in [-0.05, 0) is 45.6 Å². The number of rotatable bonds is 9. The maximum absolute atomic E-state index is 12.5. The first kappa shape index (κ1) is 24.3. The number of aromatic nitrogens is 3. The zero-order valence-corrected chi connectivity index (χ0v) is 21.2. The molecule has 1 aliphatic rings. The average Bonchev–Trinajstić information content (AvgIpc) is 3.45. The predicted octanol–water partition coefficient (Wildman–Crippen LogP) is 4.20. The summed E-state index contributed by atoms with van der Waals surface area (Å²) in [6, 6.07) is 10.2. The first-order valence-electron chi connectivity index (χ1n) is 11.8. The Hall–Kier alpha value is -2.84. The van der Waals surface area contributed by atoms with Crippen LogP contribution in [0, 0.1) is 0 Å². The molecule has 0 bridgehead atoms. The third kappa shape index (κ3) is 6.39. The summed E-state index contributed by atoms with van der Waals surface area (Å²) in [7, 11) is 1.92. The van der Waals surface area contributed by atoms with E-state index >= 15 is 0 Å². The normalized spacial score (nSPS) is 13.1. The number of amides is 1. The maximum Gasteiger partial charge on any atom is 0.239 e. The van der Waals surface area contributed by atoms with Crippen molar-refractivity contribution in [2.24, 2.45) is 0 Å². The number of carbonyl (C=O) groups excluding carboxylic acids is 1. The first-order chi connectivity index (χ1) is 16.3. The lowest BCUT2D eigenvalue weighted by molar-refractivity contribution is -0.121. The van der Waals surface area contributed by atoms with Crippen molar-refractivity contribution in [3.05, 3.63) is 58.2 Å². The summed E-state index contributed by atoms with van der Waals surface area (Å²) in [4.78, 5) is 29.9.